The molecule has 1 aromatic carbocycles. The summed E-state index contributed by atoms with van der Waals surface area (Å²) in [6, 6.07) is 10.4. The predicted octanol–water partition coefficient (Wildman–Crippen LogP) is 3.56. The fourth-order valence-electron chi connectivity index (χ4n) is 2.84. The molecule has 0 bridgehead atoms. The number of aromatic nitrogens is 2. The summed E-state index contributed by atoms with van der Waals surface area (Å²) in [5.41, 5.74) is 7.38. The summed E-state index contributed by atoms with van der Waals surface area (Å²) in [7, 11) is 3.57. The minimum Gasteiger partial charge on any atom is -0.348 e. The fourth-order valence-corrected chi connectivity index (χ4v) is 2.84. The fraction of sp³-hybridized carbons (Fsp3) is 0.300. The highest BCUT2D eigenvalue weighted by atomic mass is 16.2. The molecule has 0 fully saturated rings. The molecule has 124 valence electrons. The van der Waals surface area contributed by atoms with Crippen molar-refractivity contribution >= 4 is 11.6 Å². The minimum atomic E-state index is 0.0726. The topological polar surface area (TPSA) is 37.6 Å². The molecule has 0 spiro atoms. The summed E-state index contributed by atoms with van der Waals surface area (Å²) < 4.78 is 2.04. The monoisotopic (exact) mass is 321 g/mol. The number of hydrogen-bond acceptors (Lipinski definition) is 2. The molecule has 2 heterocycles. The van der Waals surface area contributed by atoms with E-state index in [1.54, 1.807) is 19.0 Å². The summed E-state index contributed by atoms with van der Waals surface area (Å²) in [6.45, 7) is 6.25. The van der Waals surface area contributed by atoms with E-state index in [1.807, 2.05) is 29.7 Å². The molecular weight excluding hydrogens is 298 g/mol. The van der Waals surface area contributed by atoms with E-state index in [0.717, 1.165) is 28.2 Å². The molecule has 2 aromatic heterocycles. The quantitative estimate of drug-likeness (QED) is 0.740. The van der Waals surface area contributed by atoms with Crippen molar-refractivity contribution in [3.05, 3.63) is 58.9 Å². The SMILES string of the molecule is Cc1ccc(-c2nc3c(C)cccn3c2CC(=O)N(C)C)cc1C. The van der Waals surface area contributed by atoms with E-state index in [-0.39, 0.29) is 5.91 Å². The number of aryl methyl sites for hydroxylation is 3. The van der Waals surface area contributed by atoms with Crippen LogP contribution in [0.1, 0.15) is 22.4 Å². The smallest absolute Gasteiger partial charge is 0.228 e. The van der Waals surface area contributed by atoms with Crippen molar-refractivity contribution in [2.45, 2.75) is 27.2 Å². The summed E-state index contributed by atoms with van der Waals surface area (Å²) >= 11 is 0. The number of likely N-dealkylation sites (N-methyl/N-ethyl adjacent to an activating group) is 1. The van der Waals surface area contributed by atoms with Gasteiger partial charge in [-0.3, -0.25) is 4.79 Å². The molecule has 0 aliphatic carbocycles. The molecule has 4 heteroatoms. The molecule has 0 radical (unpaired) electrons. The van der Waals surface area contributed by atoms with Gasteiger partial charge >= 0.3 is 0 Å². The van der Waals surface area contributed by atoms with Gasteiger partial charge in [0.2, 0.25) is 5.91 Å². The Labute approximate surface area is 142 Å². The third-order valence-electron chi connectivity index (χ3n) is 4.54. The number of imidazole rings is 1. The molecule has 1 amide bonds. The van der Waals surface area contributed by atoms with E-state index < -0.39 is 0 Å². The third-order valence-corrected chi connectivity index (χ3v) is 4.54. The van der Waals surface area contributed by atoms with Crippen molar-refractivity contribution in [2.75, 3.05) is 14.1 Å². The molecule has 0 N–H and O–H groups in total. The molecule has 4 nitrogen and oxygen atoms in total. The standard InChI is InChI=1S/C20H23N3O/c1-13-8-9-16(11-15(13)3)19-17(12-18(24)22(4)5)23-10-6-7-14(2)20(23)21-19/h6-11H,12H2,1-5H3. The van der Waals surface area contributed by atoms with Gasteiger partial charge in [0.05, 0.1) is 17.8 Å². The molecule has 0 aliphatic heterocycles. The Bertz CT molecular complexity index is 922. The van der Waals surface area contributed by atoms with Crippen LogP contribution in [0.15, 0.2) is 36.5 Å². The Morgan fingerprint density at radius 2 is 1.83 bits per heavy atom. The molecule has 0 atom stereocenters. The van der Waals surface area contributed by atoms with Crippen LogP contribution in [0.5, 0.6) is 0 Å². The normalized spacial score (nSPS) is 11.0. The van der Waals surface area contributed by atoms with Gasteiger partial charge in [-0.15, -0.1) is 0 Å². The zero-order chi connectivity index (χ0) is 17.4. The number of carbonyl (C=O) groups excluding carboxylic acids is 1. The summed E-state index contributed by atoms with van der Waals surface area (Å²) in [6.07, 6.45) is 2.32. The van der Waals surface area contributed by atoms with E-state index in [4.69, 9.17) is 4.98 Å². The van der Waals surface area contributed by atoms with E-state index in [9.17, 15) is 4.79 Å². The lowest BCUT2D eigenvalue weighted by atomic mass is 10.0. The Morgan fingerprint density at radius 3 is 2.50 bits per heavy atom. The lowest BCUT2D eigenvalue weighted by Gasteiger charge is -2.12. The molecule has 24 heavy (non-hydrogen) atoms. The van der Waals surface area contributed by atoms with Crippen molar-refractivity contribution in [1.82, 2.24) is 14.3 Å². The van der Waals surface area contributed by atoms with Gasteiger partial charge in [0, 0.05) is 25.9 Å². The first-order valence-corrected chi connectivity index (χ1v) is 8.13. The zero-order valence-electron chi connectivity index (χ0n) is 14.9. The van der Waals surface area contributed by atoms with Crippen LogP contribution in [0.3, 0.4) is 0 Å². The van der Waals surface area contributed by atoms with Gasteiger partial charge in [-0.1, -0.05) is 18.2 Å². The van der Waals surface area contributed by atoms with Crippen LogP contribution in [0.2, 0.25) is 0 Å². The molecule has 0 unspecified atom stereocenters. The number of amides is 1. The third kappa shape index (κ3) is 2.80. The molecule has 0 saturated carbocycles. The number of nitrogens with zero attached hydrogens (tertiary/aromatic N) is 3. The second kappa shape index (κ2) is 6.11. The Morgan fingerprint density at radius 1 is 1.08 bits per heavy atom. The summed E-state index contributed by atoms with van der Waals surface area (Å²) in [5.74, 6) is 0.0726. The van der Waals surface area contributed by atoms with E-state index in [2.05, 4.69) is 32.0 Å². The number of rotatable bonds is 3. The number of carbonyl (C=O) groups is 1. The first kappa shape index (κ1) is 16.2. The van der Waals surface area contributed by atoms with E-state index in [1.165, 1.54) is 11.1 Å². The molecule has 0 saturated heterocycles. The van der Waals surface area contributed by atoms with Crippen molar-refractivity contribution in [3.8, 4) is 11.3 Å². The van der Waals surface area contributed by atoms with Gasteiger partial charge < -0.3 is 9.30 Å². The van der Waals surface area contributed by atoms with Crippen molar-refractivity contribution < 1.29 is 4.79 Å². The van der Waals surface area contributed by atoms with Crippen LogP contribution in [0.4, 0.5) is 0 Å². The van der Waals surface area contributed by atoms with Crippen LogP contribution in [0.25, 0.3) is 16.9 Å². The number of pyridine rings is 1. The number of fused-ring (bicyclic) bond motifs is 1. The summed E-state index contributed by atoms with van der Waals surface area (Å²) in [5, 5.41) is 0. The highest BCUT2D eigenvalue weighted by Gasteiger charge is 2.19. The maximum atomic E-state index is 12.3. The van der Waals surface area contributed by atoms with Gasteiger partial charge in [-0.25, -0.2) is 4.98 Å². The van der Waals surface area contributed by atoms with E-state index >= 15 is 0 Å². The van der Waals surface area contributed by atoms with Crippen molar-refractivity contribution in [1.29, 1.82) is 0 Å². The van der Waals surface area contributed by atoms with Crippen LogP contribution < -0.4 is 0 Å². The van der Waals surface area contributed by atoms with Gasteiger partial charge in [0.1, 0.15) is 5.65 Å². The Kier molecular flexibility index (Phi) is 4.14. The van der Waals surface area contributed by atoms with Gasteiger partial charge in [0.15, 0.2) is 0 Å². The lowest BCUT2D eigenvalue weighted by molar-refractivity contribution is -0.128. The molecular formula is C20H23N3O. The van der Waals surface area contributed by atoms with Crippen molar-refractivity contribution in [2.24, 2.45) is 0 Å². The lowest BCUT2D eigenvalue weighted by Crippen LogP contribution is -2.24. The summed E-state index contributed by atoms with van der Waals surface area (Å²) in [4.78, 5) is 18.8. The largest absolute Gasteiger partial charge is 0.348 e. The molecule has 0 aliphatic rings. The average Bonchev–Trinajstić information content (AvgIpc) is 2.90. The molecule has 3 aromatic rings. The molecule has 3 rings (SSSR count). The van der Waals surface area contributed by atoms with Crippen LogP contribution >= 0.6 is 0 Å². The zero-order valence-corrected chi connectivity index (χ0v) is 14.9. The first-order chi connectivity index (χ1) is 11.4. The highest BCUT2D eigenvalue weighted by molar-refractivity contribution is 5.81. The predicted molar refractivity (Wildman–Crippen MR) is 97.2 cm³/mol. The number of hydrogen-bond donors (Lipinski definition) is 0. The Balaban J connectivity index is 2.23. The maximum Gasteiger partial charge on any atom is 0.228 e. The first-order valence-electron chi connectivity index (χ1n) is 8.13. The Hall–Kier alpha value is -2.62. The second-order valence-electron chi connectivity index (χ2n) is 6.56. The maximum absolute atomic E-state index is 12.3. The van der Waals surface area contributed by atoms with Crippen LogP contribution in [-0.4, -0.2) is 34.3 Å². The van der Waals surface area contributed by atoms with Crippen molar-refractivity contribution in [3.63, 3.8) is 0 Å². The van der Waals surface area contributed by atoms with E-state index in [0.29, 0.717) is 6.42 Å². The van der Waals surface area contributed by atoms with Gasteiger partial charge in [-0.2, -0.15) is 0 Å². The second-order valence-corrected chi connectivity index (χ2v) is 6.56. The minimum absolute atomic E-state index is 0.0726. The average molecular weight is 321 g/mol. The van der Waals surface area contributed by atoms with Crippen LogP contribution in [0, 0.1) is 20.8 Å². The van der Waals surface area contributed by atoms with Gasteiger partial charge in [-0.05, 0) is 49.6 Å². The number of benzene rings is 1. The van der Waals surface area contributed by atoms with Crippen LogP contribution in [-0.2, 0) is 11.2 Å². The highest BCUT2D eigenvalue weighted by Crippen LogP contribution is 2.28. The van der Waals surface area contributed by atoms with Gasteiger partial charge in [0.25, 0.3) is 0 Å².